The Morgan fingerprint density at radius 2 is 2.08 bits per heavy atom. The standard InChI is InChI=1S/C14H19N5O3S.ClH/c1-18-14(10-16-17-18)23(20,21)19-8-7-15-9-12(19)11-5-3-4-6-13(11)22-2;/h3-6,10,12,15H,7-9H2,1-2H3;1H. The van der Waals surface area contributed by atoms with E-state index >= 15 is 0 Å². The summed E-state index contributed by atoms with van der Waals surface area (Å²) in [5.74, 6) is 0.671. The normalized spacial score (nSPS) is 18.8. The highest BCUT2D eigenvalue weighted by Gasteiger charge is 2.37. The lowest BCUT2D eigenvalue weighted by Gasteiger charge is -2.35. The lowest BCUT2D eigenvalue weighted by Crippen LogP contribution is -2.49. The van der Waals surface area contributed by atoms with Crippen molar-refractivity contribution in [3.05, 3.63) is 36.0 Å². The number of para-hydroxylation sites is 1. The predicted molar refractivity (Wildman–Crippen MR) is 90.7 cm³/mol. The molecule has 1 N–H and O–H groups in total. The Balaban J connectivity index is 0.00000208. The minimum atomic E-state index is -3.70. The lowest BCUT2D eigenvalue weighted by molar-refractivity contribution is 0.263. The van der Waals surface area contributed by atoms with Crippen molar-refractivity contribution in [2.45, 2.75) is 11.1 Å². The Labute approximate surface area is 147 Å². The molecule has 132 valence electrons. The fraction of sp³-hybridized carbons (Fsp3) is 0.429. The highest BCUT2D eigenvalue weighted by Crippen LogP contribution is 2.33. The highest BCUT2D eigenvalue weighted by atomic mass is 35.5. The summed E-state index contributed by atoms with van der Waals surface area (Å²) in [6.07, 6.45) is 1.27. The molecule has 8 nitrogen and oxygen atoms in total. The van der Waals surface area contributed by atoms with E-state index in [1.54, 1.807) is 14.2 Å². The van der Waals surface area contributed by atoms with Crippen LogP contribution in [0.3, 0.4) is 0 Å². The second-order valence-electron chi connectivity index (χ2n) is 5.27. The smallest absolute Gasteiger partial charge is 0.262 e. The third-order valence-corrected chi connectivity index (χ3v) is 5.89. The first kappa shape index (κ1) is 18.7. The maximum absolute atomic E-state index is 13.0. The molecule has 0 aliphatic carbocycles. The summed E-state index contributed by atoms with van der Waals surface area (Å²) < 4.78 is 34.2. The molecule has 24 heavy (non-hydrogen) atoms. The van der Waals surface area contributed by atoms with Crippen LogP contribution in [0.4, 0.5) is 0 Å². The number of halogens is 1. The molecule has 0 radical (unpaired) electrons. The van der Waals surface area contributed by atoms with Crippen LogP contribution in [0.25, 0.3) is 0 Å². The van der Waals surface area contributed by atoms with E-state index < -0.39 is 10.0 Å². The van der Waals surface area contributed by atoms with Gasteiger partial charge in [-0.3, -0.25) is 0 Å². The summed E-state index contributed by atoms with van der Waals surface area (Å²) in [5.41, 5.74) is 0.834. The molecule has 3 rings (SSSR count). The van der Waals surface area contributed by atoms with Crippen molar-refractivity contribution in [3.63, 3.8) is 0 Å². The van der Waals surface area contributed by atoms with Crippen LogP contribution < -0.4 is 10.1 Å². The molecule has 0 spiro atoms. The number of sulfonamides is 1. The predicted octanol–water partition coefficient (Wildman–Crippen LogP) is 0.581. The van der Waals surface area contributed by atoms with E-state index in [9.17, 15) is 8.42 Å². The van der Waals surface area contributed by atoms with Crippen LogP contribution in [-0.2, 0) is 17.1 Å². The number of aromatic nitrogens is 3. The summed E-state index contributed by atoms with van der Waals surface area (Å²) in [5, 5.41) is 10.7. The summed E-state index contributed by atoms with van der Waals surface area (Å²) in [7, 11) is -0.544. The van der Waals surface area contributed by atoms with Gasteiger partial charge in [-0.25, -0.2) is 13.1 Å². The van der Waals surface area contributed by atoms with Crippen molar-refractivity contribution in [2.24, 2.45) is 7.05 Å². The molecule has 1 saturated heterocycles. The average molecular weight is 374 g/mol. The first-order chi connectivity index (χ1) is 11.1. The molecule has 1 atom stereocenters. The first-order valence-electron chi connectivity index (χ1n) is 7.26. The van der Waals surface area contributed by atoms with Crippen LogP contribution in [0.2, 0.25) is 0 Å². The minimum Gasteiger partial charge on any atom is -0.496 e. The zero-order valence-electron chi connectivity index (χ0n) is 13.4. The molecule has 1 aromatic heterocycles. The second-order valence-corrected chi connectivity index (χ2v) is 7.11. The fourth-order valence-corrected chi connectivity index (χ4v) is 4.46. The van der Waals surface area contributed by atoms with Gasteiger partial charge in [0.1, 0.15) is 5.75 Å². The topological polar surface area (TPSA) is 89.3 Å². The van der Waals surface area contributed by atoms with E-state index in [1.807, 2.05) is 24.3 Å². The molecule has 2 aromatic rings. The summed E-state index contributed by atoms with van der Waals surface area (Å²) in [4.78, 5) is 0. The number of piperazine rings is 1. The molecule has 1 fully saturated rings. The van der Waals surface area contributed by atoms with E-state index in [1.165, 1.54) is 15.2 Å². The molecule has 10 heteroatoms. The van der Waals surface area contributed by atoms with Crippen LogP contribution in [-0.4, -0.2) is 54.5 Å². The SMILES string of the molecule is COc1ccccc1C1CNCCN1S(=O)(=O)c1cnnn1C.Cl. The molecular formula is C14H20ClN5O3S. The van der Waals surface area contributed by atoms with Crippen molar-refractivity contribution in [1.29, 1.82) is 0 Å². The second kappa shape index (κ2) is 7.47. The van der Waals surface area contributed by atoms with Crippen LogP contribution in [0.1, 0.15) is 11.6 Å². The van der Waals surface area contributed by atoms with E-state index in [2.05, 4.69) is 15.6 Å². The number of aryl methyl sites for hydroxylation is 1. The van der Waals surface area contributed by atoms with Crippen LogP contribution in [0.5, 0.6) is 5.75 Å². The molecular weight excluding hydrogens is 354 g/mol. The van der Waals surface area contributed by atoms with Gasteiger partial charge in [0.15, 0.2) is 5.03 Å². The molecule has 1 aliphatic rings. The molecule has 2 heterocycles. The van der Waals surface area contributed by atoms with Gasteiger partial charge >= 0.3 is 0 Å². The fourth-order valence-electron chi connectivity index (χ4n) is 2.81. The summed E-state index contributed by atoms with van der Waals surface area (Å²) >= 11 is 0. The maximum atomic E-state index is 13.0. The van der Waals surface area contributed by atoms with Crippen molar-refractivity contribution >= 4 is 22.4 Å². The van der Waals surface area contributed by atoms with Gasteiger partial charge in [0.25, 0.3) is 10.0 Å². The van der Waals surface area contributed by atoms with Gasteiger partial charge in [0, 0.05) is 32.2 Å². The van der Waals surface area contributed by atoms with Gasteiger partial charge in [-0.05, 0) is 6.07 Å². The molecule has 1 aromatic carbocycles. The monoisotopic (exact) mass is 373 g/mol. The van der Waals surface area contributed by atoms with Crippen molar-refractivity contribution < 1.29 is 13.2 Å². The zero-order valence-corrected chi connectivity index (χ0v) is 15.0. The highest BCUT2D eigenvalue weighted by molar-refractivity contribution is 7.89. The quantitative estimate of drug-likeness (QED) is 0.843. The Morgan fingerprint density at radius 1 is 1.33 bits per heavy atom. The van der Waals surface area contributed by atoms with Gasteiger partial charge in [-0.15, -0.1) is 17.5 Å². The number of hydrogen-bond acceptors (Lipinski definition) is 6. The van der Waals surface area contributed by atoms with Crippen LogP contribution in [0.15, 0.2) is 35.5 Å². The van der Waals surface area contributed by atoms with Gasteiger partial charge in [0.2, 0.25) is 0 Å². The van der Waals surface area contributed by atoms with E-state index in [0.717, 1.165) is 5.56 Å². The molecule has 0 bridgehead atoms. The number of nitrogens with zero attached hydrogens (tertiary/aromatic N) is 4. The Kier molecular flexibility index (Phi) is 5.81. The van der Waals surface area contributed by atoms with Crippen LogP contribution in [0, 0.1) is 0 Å². The van der Waals surface area contributed by atoms with Crippen molar-refractivity contribution in [3.8, 4) is 5.75 Å². The summed E-state index contributed by atoms with van der Waals surface area (Å²) in [6.45, 7) is 1.48. The number of hydrogen-bond donors (Lipinski definition) is 1. The maximum Gasteiger partial charge on any atom is 0.262 e. The van der Waals surface area contributed by atoms with E-state index in [-0.39, 0.29) is 23.5 Å². The Hall–Kier alpha value is -1.68. The van der Waals surface area contributed by atoms with Gasteiger partial charge in [-0.2, -0.15) is 4.31 Å². The Morgan fingerprint density at radius 3 is 2.75 bits per heavy atom. The molecule has 0 amide bonds. The summed E-state index contributed by atoms with van der Waals surface area (Å²) in [6, 6.07) is 7.12. The van der Waals surface area contributed by atoms with Gasteiger partial charge in [0.05, 0.1) is 19.3 Å². The van der Waals surface area contributed by atoms with Gasteiger partial charge < -0.3 is 10.1 Å². The third-order valence-electron chi connectivity index (χ3n) is 3.94. The van der Waals surface area contributed by atoms with Gasteiger partial charge in [-0.1, -0.05) is 23.4 Å². The molecule has 1 aliphatic heterocycles. The van der Waals surface area contributed by atoms with Crippen molar-refractivity contribution in [2.75, 3.05) is 26.7 Å². The van der Waals surface area contributed by atoms with Crippen molar-refractivity contribution in [1.82, 2.24) is 24.6 Å². The first-order valence-corrected chi connectivity index (χ1v) is 8.70. The van der Waals surface area contributed by atoms with E-state index in [0.29, 0.717) is 25.4 Å². The number of ether oxygens (including phenoxy) is 1. The average Bonchev–Trinajstić information content (AvgIpc) is 3.01. The number of methoxy groups -OCH3 is 1. The number of benzene rings is 1. The number of rotatable bonds is 4. The molecule has 1 unspecified atom stereocenters. The minimum absolute atomic E-state index is 0. The third kappa shape index (κ3) is 3.25. The Bertz CT molecular complexity index is 795. The largest absolute Gasteiger partial charge is 0.496 e. The van der Waals surface area contributed by atoms with Crippen LogP contribution >= 0.6 is 12.4 Å². The number of nitrogens with one attached hydrogen (secondary N) is 1. The molecule has 0 saturated carbocycles. The van der Waals surface area contributed by atoms with E-state index in [4.69, 9.17) is 4.74 Å². The lowest BCUT2D eigenvalue weighted by atomic mass is 10.0. The zero-order chi connectivity index (χ0) is 16.4.